The molecule has 0 bridgehead atoms. The summed E-state index contributed by atoms with van der Waals surface area (Å²) < 4.78 is 0. The topological polar surface area (TPSA) is 40.5 Å². The number of aromatic hydroxyl groups is 2. The Labute approximate surface area is 208 Å². The van der Waals surface area contributed by atoms with Crippen LogP contribution in [-0.2, 0) is 5.41 Å². The molecular weight excluding hydrogens is 428 g/mol. The Hall–Kier alpha value is -4.04. The van der Waals surface area contributed by atoms with Crippen LogP contribution in [0, 0.1) is 0 Å². The maximum atomic E-state index is 11.5. The second-order valence-electron chi connectivity index (χ2n) is 9.20. The fraction of sp³-hybridized carbons (Fsp3) is 0.152. The fourth-order valence-electron chi connectivity index (χ4n) is 4.78. The quantitative estimate of drug-likeness (QED) is 0.302. The Balaban J connectivity index is 1.90. The minimum atomic E-state index is -0.648. The molecule has 2 heteroatoms. The number of hydrogen-bond donors (Lipinski definition) is 2. The maximum absolute atomic E-state index is 11.5. The molecule has 0 aliphatic carbocycles. The molecule has 0 radical (unpaired) electrons. The van der Waals surface area contributed by atoms with E-state index in [2.05, 4.69) is 12.1 Å². The molecule has 4 aromatic rings. The minimum Gasteiger partial charge on any atom is -0.507 e. The van der Waals surface area contributed by atoms with Crippen LogP contribution in [0.3, 0.4) is 0 Å². The molecule has 0 atom stereocenters. The first-order valence-corrected chi connectivity index (χ1v) is 12.0. The van der Waals surface area contributed by atoms with E-state index in [0.29, 0.717) is 0 Å². The second-order valence-corrected chi connectivity index (χ2v) is 9.20. The van der Waals surface area contributed by atoms with Crippen molar-refractivity contribution in [2.75, 3.05) is 0 Å². The van der Waals surface area contributed by atoms with Crippen molar-refractivity contribution in [3.63, 3.8) is 0 Å². The van der Waals surface area contributed by atoms with Crippen LogP contribution in [0.5, 0.6) is 11.5 Å². The summed E-state index contributed by atoms with van der Waals surface area (Å²) in [4.78, 5) is 0. The number of allylic oxidation sites excluding steroid dienone is 2. The lowest BCUT2D eigenvalue weighted by molar-refractivity contribution is 0.434. The van der Waals surface area contributed by atoms with Gasteiger partial charge in [0, 0.05) is 27.7 Å². The standard InChI is InChI=1S/C33H32O2/c1-5-13-27-25(23-15-9-7-10-16-23)19-21-29(31(27)34)33(3,4)30-22-20-26(24-17-11-8-12-18-24)28(14-6-2)32(30)35/h5-22,34-35H,1-4H3. The van der Waals surface area contributed by atoms with Crippen molar-refractivity contribution in [3.05, 3.63) is 119 Å². The maximum Gasteiger partial charge on any atom is 0.127 e. The van der Waals surface area contributed by atoms with Crippen LogP contribution in [0.15, 0.2) is 97.1 Å². The number of hydrogen-bond acceptors (Lipinski definition) is 2. The van der Waals surface area contributed by atoms with Gasteiger partial charge in [0.2, 0.25) is 0 Å². The van der Waals surface area contributed by atoms with E-state index in [4.69, 9.17) is 0 Å². The Kier molecular flexibility index (Phi) is 6.93. The highest BCUT2D eigenvalue weighted by Gasteiger charge is 2.31. The summed E-state index contributed by atoms with van der Waals surface area (Å²) in [5, 5.41) is 23.0. The molecule has 0 saturated carbocycles. The molecule has 0 aliphatic heterocycles. The zero-order valence-corrected chi connectivity index (χ0v) is 20.8. The molecular formula is C33H32O2. The van der Waals surface area contributed by atoms with E-state index < -0.39 is 5.41 Å². The van der Waals surface area contributed by atoms with Crippen LogP contribution in [-0.4, -0.2) is 10.2 Å². The molecule has 2 nitrogen and oxygen atoms in total. The third kappa shape index (κ3) is 4.52. The van der Waals surface area contributed by atoms with Crippen molar-refractivity contribution in [1.82, 2.24) is 0 Å². The molecule has 0 aromatic heterocycles. The molecule has 4 aromatic carbocycles. The molecule has 0 spiro atoms. The van der Waals surface area contributed by atoms with Crippen molar-refractivity contribution in [2.45, 2.75) is 33.1 Å². The van der Waals surface area contributed by atoms with E-state index in [1.807, 2.05) is 125 Å². The van der Waals surface area contributed by atoms with E-state index >= 15 is 0 Å². The van der Waals surface area contributed by atoms with Gasteiger partial charge in [0.1, 0.15) is 11.5 Å². The highest BCUT2D eigenvalue weighted by atomic mass is 16.3. The molecule has 4 rings (SSSR count). The highest BCUT2D eigenvalue weighted by molar-refractivity contribution is 5.82. The lowest BCUT2D eigenvalue weighted by Crippen LogP contribution is -2.20. The number of benzene rings is 4. The Morgan fingerprint density at radius 3 is 1.26 bits per heavy atom. The van der Waals surface area contributed by atoms with Crippen LogP contribution >= 0.6 is 0 Å². The molecule has 0 amide bonds. The lowest BCUT2D eigenvalue weighted by Gasteiger charge is -2.30. The first kappa shape index (κ1) is 24.1. The minimum absolute atomic E-state index is 0.230. The van der Waals surface area contributed by atoms with Crippen molar-refractivity contribution in [2.24, 2.45) is 0 Å². The first-order chi connectivity index (χ1) is 16.9. The lowest BCUT2D eigenvalue weighted by atomic mass is 9.74. The van der Waals surface area contributed by atoms with Crippen molar-refractivity contribution in [1.29, 1.82) is 0 Å². The summed E-state index contributed by atoms with van der Waals surface area (Å²) in [7, 11) is 0. The summed E-state index contributed by atoms with van der Waals surface area (Å²) in [5.74, 6) is 0.460. The molecule has 35 heavy (non-hydrogen) atoms. The van der Waals surface area contributed by atoms with Crippen LogP contribution in [0.4, 0.5) is 0 Å². The molecule has 2 N–H and O–H groups in total. The van der Waals surface area contributed by atoms with Gasteiger partial charge in [-0.15, -0.1) is 0 Å². The fourth-order valence-corrected chi connectivity index (χ4v) is 4.78. The second kappa shape index (κ2) is 10.1. The summed E-state index contributed by atoms with van der Waals surface area (Å²) in [5.41, 5.74) is 6.47. The van der Waals surface area contributed by atoms with Crippen LogP contribution in [0.25, 0.3) is 34.4 Å². The van der Waals surface area contributed by atoms with E-state index in [-0.39, 0.29) is 11.5 Å². The molecule has 0 unspecified atom stereocenters. The largest absolute Gasteiger partial charge is 0.507 e. The van der Waals surface area contributed by atoms with Crippen molar-refractivity contribution >= 4 is 12.2 Å². The van der Waals surface area contributed by atoms with Crippen molar-refractivity contribution < 1.29 is 10.2 Å². The Bertz CT molecular complexity index is 1270. The summed E-state index contributed by atoms with van der Waals surface area (Å²) in [6.07, 6.45) is 7.77. The van der Waals surface area contributed by atoms with Gasteiger partial charge in [-0.2, -0.15) is 0 Å². The van der Waals surface area contributed by atoms with E-state index in [1.165, 1.54) is 0 Å². The van der Waals surface area contributed by atoms with Gasteiger partial charge in [-0.05, 0) is 36.1 Å². The smallest absolute Gasteiger partial charge is 0.127 e. The number of rotatable bonds is 6. The normalized spacial score (nSPS) is 12.0. The van der Waals surface area contributed by atoms with Gasteiger partial charge in [0.05, 0.1) is 0 Å². The Morgan fingerprint density at radius 2 is 0.914 bits per heavy atom. The van der Waals surface area contributed by atoms with Gasteiger partial charge in [0.15, 0.2) is 0 Å². The van der Waals surface area contributed by atoms with E-state index in [9.17, 15) is 10.2 Å². The highest BCUT2D eigenvalue weighted by Crippen LogP contribution is 2.47. The summed E-state index contributed by atoms with van der Waals surface area (Å²) in [6, 6.07) is 28.2. The predicted molar refractivity (Wildman–Crippen MR) is 149 cm³/mol. The van der Waals surface area contributed by atoms with Gasteiger partial charge >= 0.3 is 0 Å². The summed E-state index contributed by atoms with van der Waals surface area (Å²) >= 11 is 0. The van der Waals surface area contributed by atoms with Gasteiger partial charge in [0.25, 0.3) is 0 Å². The van der Waals surface area contributed by atoms with Crippen LogP contribution < -0.4 is 0 Å². The van der Waals surface area contributed by atoms with E-state index in [1.54, 1.807) is 0 Å². The molecule has 0 saturated heterocycles. The predicted octanol–water partition coefficient (Wildman–Crippen LogP) is 8.82. The van der Waals surface area contributed by atoms with E-state index in [0.717, 1.165) is 44.5 Å². The molecule has 0 fully saturated rings. The zero-order valence-electron chi connectivity index (χ0n) is 20.8. The van der Waals surface area contributed by atoms with Crippen LogP contribution in [0.1, 0.15) is 49.9 Å². The third-order valence-electron chi connectivity index (χ3n) is 6.62. The monoisotopic (exact) mass is 460 g/mol. The average molecular weight is 461 g/mol. The molecule has 0 heterocycles. The average Bonchev–Trinajstić information content (AvgIpc) is 2.87. The summed E-state index contributed by atoms with van der Waals surface area (Å²) in [6.45, 7) is 7.98. The SMILES string of the molecule is CC=Cc1c(-c2ccccc2)ccc(C(C)(C)c2ccc(-c3ccccc3)c(C=CC)c2O)c1O. The van der Waals surface area contributed by atoms with Gasteiger partial charge in [-0.25, -0.2) is 0 Å². The Morgan fingerprint density at radius 1 is 0.543 bits per heavy atom. The number of phenols is 2. The zero-order chi connectivity index (χ0) is 25.0. The first-order valence-electron chi connectivity index (χ1n) is 12.0. The number of phenolic OH excluding ortho intramolecular Hbond substituents is 2. The molecule has 0 aliphatic rings. The third-order valence-corrected chi connectivity index (χ3v) is 6.62. The van der Waals surface area contributed by atoms with Crippen molar-refractivity contribution in [3.8, 4) is 33.8 Å². The van der Waals surface area contributed by atoms with Gasteiger partial charge in [-0.3, -0.25) is 0 Å². The van der Waals surface area contributed by atoms with Crippen LogP contribution in [0.2, 0.25) is 0 Å². The van der Waals surface area contributed by atoms with Gasteiger partial charge in [-0.1, -0.05) is 123 Å². The van der Waals surface area contributed by atoms with Gasteiger partial charge < -0.3 is 10.2 Å². The molecule has 176 valence electrons.